The van der Waals surface area contributed by atoms with E-state index in [1.54, 1.807) is 36.4 Å². The van der Waals surface area contributed by atoms with Crippen LogP contribution >= 0.6 is 15.9 Å². The number of anilines is 1. The quantitative estimate of drug-likeness (QED) is 0.324. The second-order valence-electron chi connectivity index (χ2n) is 7.85. The molecule has 0 saturated carbocycles. The van der Waals surface area contributed by atoms with Crippen LogP contribution in [0.1, 0.15) is 23.6 Å². The minimum Gasteiger partial charge on any atom is -0.490 e. The number of nitrogens with zero attached hydrogens (tertiary/aromatic N) is 1. The van der Waals surface area contributed by atoms with Crippen LogP contribution in [0, 0.1) is 6.92 Å². The standard InChI is InChI=1S/C27H23BrN2O5/c1-3-34-24-15-19(9-12-23(24)35-16-18-7-10-20(28)11-8-18)14-22-25(31)29-27(33)30(26(22)32)21-6-4-5-17(2)13-21/h4-15H,3,16H2,1-2H3,(H,29,31,33)/b22-14+. The lowest BCUT2D eigenvalue weighted by molar-refractivity contribution is -0.122. The molecule has 1 heterocycles. The first-order chi connectivity index (χ1) is 16.9. The summed E-state index contributed by atoms with van der Waals surface area (Å²) in [5, 5.41) is 2.24. The molecule has 1 N–H and O–H groups in total. The minimum absolute atomic E-state index is 0.155. The summed E-state index contributed by atoms with van der Waals surface area (Å²) in [5.41, 5.74) is 2.66. The molecule has 0 unspecified atom stereocenters. The molecule has 3 aromatic rings. The first-order valence-corrected chi connectivity index (χ1v) is 11.8. The van der Waals surface area contributed by atoms with Crippen LogP contribution in [-0.4, -0.2) is 24.5 Å². The zero-order chi connectivity index (χ0) is 24.9. The predicted molar refractivity (Wildman–Crippen MR) is 136 cm³/mol. The Hall–Kier alpha value is -3.91. The number of carbonyl (C=O) groups is 3. The number of nitrogens with one attached hydrogen (secondary N) is 1. The fourth-order valence-corrected chi connectivity index (χ4v) is 3.83. The third-order valence-corrected chi connectivity index (χ3v) is 5.78. The van der Waals surface area contributed by atoms with Crippen LogP contribution in [-0.2, 0) is 16.2 Å². The molecule has 7 nitrogen and oxygen atoms in total. The summed E-state index contributed by atoms with van der Waals surface area (Å²) in [6.45, 7) is 4.46. The molecule has 8 heteroatoms. The number of hydrogen-bond donors (Lipinski definition) is 1. The molecule has 0 aromatic heterocycles. The zero-order valence-electron chi connectivity index (χ0n) is 19.2. The Bertz CT molecular complexity index is 1320. The van der Waals surface area contributed by atoms with Crippen LogP contribution in [0.15, 0.2) is 76.8 Å². The molecule has 3 aromatic carbocycles. The Morgan fingerprint density at radius 3 is 2.43 bits per heavy atom. The molecule has 4 amide bonds. The Morgan fingerprint density at radius 2 is 1.71 bits per heavy atom. The number of barbiturate groups is 1. The number of rotatable bonds is 7. The molecular formula is C27H23BrN2O5. The highest BCUT2D eigenvalue weighted by molar-refractivity contribution is 9.10. The van der Waals surface area contributed by atoms with E-state index < -0.39 is 17.8 Å². The van der Waals surface area contributed by atoms with Crippen molar-refractivity contribution in [3.8, 4) is 11.5 Å². The maximum atomic E-state index is 13.1. The summed E-state index contributed by atoms with van der Waals surface area (Å²) < 4.78 is 12.7. The van der Waals surface area contributed by atoms with Gasteiger partial charge in [-0.2, -0.15) is 0 Å². The van der Waals surface area contributed by atoms with E-state index in [4.69, 9.17) is 9.47 Å². The van der Waals surface area contributed by atoms with Crippen LogP contribution in [0.2, 0.25) is 0 Å². The molecule has 1 fully saturated rings. The van der Waals surface area contributed by atoms with Gasteiger partial charge in [0.15, 0.2) is 11.5 Å². The maximum absolute atomic E-state index is 13.1. The van der Waals surface area contributed by atoms with E-state index in [1.165, 1.54) is 6.08 Å². The topological polar surface area (TPSA) is 84.9 Å². The molecule has 35 heavy (non-hydrogen) atoms. The largest absolute Gasteiger partial charge is 0.490 e. The van der Waals surface area contributed by atoms with Crippen molar-refractivity contribution in [2.24, 2.45) is 0 Å². The first kappa shape index (κ1) is 24.2. The third-order valence-electron chi connectivity index (χ3n) is 5.25. The number of carbonyl (C=O) groups excluding carboxylic acids is 3. The summed E-state index contributed by atoms with van der Waals surface area (Å²) in [5.74, 6) is -0.433. The average Bonchev–Trinajstić information content (AvgIpc) is 2.82. The van der Waals surface area contributed by atoms with Gasteiger partial charge in [-0.1, -0.05) is 46.3 Å². The van der Waals surface area contributed by atoms with Gasteiger partial charge in [-0.05, 0) is 73.0 Å². The number of halogens is 1. The van der Waals surface area contributed by atoms with E-state index in [9.17, 15) is 14.4 Å². The maximum Gasteiger partial charge on any atom is 0.335 e. The Kier molecular flexibility index (Phi) is 7.31. The van der Waals surface area contributed by atoms with Crippen molar-refractivity contribution >= 4 is 45.5 Å². The van der Waals surface area contributed by atoms with E-state index in [0.29, 0.717) is 36.0 Å². The number of benzene rings is 3. The highest BCUT2D eigenvalue weighted by Crippen LogP contribution is 2.31. The van der Waals surface area contributed by atoms with Crippen molar-refractivity contribution < 1.29 is 23.9 Å². The van der Waals surface area contributed by atoms with E-state index in [-0.39, 0.29) is 5.57 Å². The van der Waals surface area contributed by atoms with Gasteiger partial charge >= 0.3 is 6.03 Å². The van der Waals surface area contributed by atoms with Gasteiger partial charge in [0.25, 0.3) is 11.8 Å². The molecule has 1 saturated heterocycles. The number of imide groups is 2. The van der Waals surface area contributed by atoms with Gasteiger partial charge < -0.3 is 9.47 Å². The van der Waals surface area contributed by atoms with Gasteiger partial charge in [0, 0.05) is 4.47 Å². The normalized spacial score (nSPS) is 14.8. The van der Waals surface area contributed by atoms with Crippen molar-refractivity contribution in [3.05, 3.63) is 93.5 Å². The van der Waals surface area contributed by atoms with Gasteiger partial charge in [0.2, 0.25) is 0 Å². The lowest BCUT2D eigenvalue weighted by atomic mass is 10.1. The molecule has 1 aliphatic rings. The molecule has 0 atom stereocenters. The number of aryl methyl sites for hydroxylation is 1. The number of ether oxygens (including phenoxy) is 2. The highest BCUT2D eigenvalue weighted by Gasteiger charge is 2.36. The van der Waals surface area contributed by atoms with Gasteiger partial charge in [-0.25, -0.2) is 9.69 Å². The molecule has 0 bridgehead atoms. The second kappa shape index (κ2) is 10.6. The van der Waals surface area contributed by atoms with Crippen LogP contribution < -0.4 is 19.7 Å². The first-order valence-electron chi connectivity index (χ1n) is 11.0. The van der Waals surface area contributed by atoms with Crippen LogP contribution in [0.3, 0.4) is 0 Å². The fraction of sp³-hybridized carbons (Fsp3) is 0.148. The number of amides is 4. The fourth-order valence-electron chi connectivity index (χ4n) is 3.57. The molecular weight excluding hydrogens is 512 g/mol. The third kappa shape index (κ3) is 5.60. The van der Waals surface area contributed by atoms with E-state index in [2.05, 4.69) is 21.2 Å². The molecule has 178 valence electrons. The number of hydrogen-bond acceptors (Lipinski definition) is 5. The van der Waals surface area contributed by atoms with Crippen molar-refractivity contribution in [2.45, 2.75) is 20.5 Å². The second-order valence-corrected chi connectivity index (χ2v) is 8.77. The van der Waals surface area contributed by atoms with Crippen LogP contribution in [0.4, 0.5) is 10.5 Å². The van der Waals surface area contributed by atoms with Gasteiger partial charge in [-0.15, -0.1) is 0 Å². The Labute approximate surface area is 211 Å². The predicted octanol–water partition coefficient (Wildman–Crippen LogP) is 5.40. The van der Waals surface area contributed by atoms with Crippen molar-refractivity contribution in [3.63, 3.8) is 0 Å². The van der Waals surface area contributed by atoms with Gasteiger partial charge in [0.05, 0.1) is 12.3 Å². The van der Waals surface area contributed by atoms with Crippen molar-refractivity contribution in [1.29, 1.82) is 0 Å². The molecule has 4 rings (SSSR count). The van der Waals surface area contributed by atoms with E-state index in [1.807, 2.05) is 44.2 Å². The van der Waals surface area contributed by atoms with E-state index >= 15 is 0 Å². The minimum atomic E-state index is -0.783. The average molecular weight is 535 g/mol. The van der Waals surface area contributed by atoms with Gasteiger partial charge in [0.1, 0.15) is 12.2 Å². The van der Waals surface area contributed by atoms with Crippen LogP contribution in [0.25, 0.3) is 6.08 Å². The summed E-state index contributed by atoms with van der Waals surface area (Å²) in [6, 6.07) is 19.1. The summed E-state index contributed by atoms with van der Waals surface area (Å²) in [6.07, 6.45) is 1.44. The van der Waals surface area contributed by atoms with Crippen LogP contribution in [0.5, 0.6) is 11.5 Å². The Balaban J connectivity index is 1.61. The summed E-state index contributed by atoms with van der Waals surface area (Å²) in [7, 11) is 0. The Morgan fingerprint density at radius 1 is 0.943 bits per heavy atom. The molecule has 1 aliphatic heterocycles. The van der Waals surface area contributed by atoms with E-state index in [0.717, 1.165) is 20.5 Å². The highest BCUT2D eigenvalue weighted by atomic mass is 79.9. The zero-order valence-corrected chi connectivity index (χ0v) is 20.8. The molecule has 0 radical (unpaired) electrons. The van der Waals surface area contributed by atoms with Crippen molar-refractivity contribution in [2.75, 3.05) is 11.5 Å². The lowest BCUT2D eigenvalue weighted by Gasteiger charge is -2.26. The van der Waals surface area contributed by atoms with Crippen molar-refractivity contribution in [1.82, 2.24) is 5.32 Å². The smallest absolute Gasteiger partial charge is 0.335 e. The molecule has 0 aliphatic carbocycles. The number of urea groups is 1. The van der Waals surface area contributed by atoms with Gasteiger partial charge in [-0.3, -0.25) is 14.9 Å². The molecule has 0 spiro atoms. The summed E-state index contributed by atoms with van der Waals surface area (Å²) >= 11 is 3.41. The monoisotopic (exact) mass is 534 g/mol. The SMILES string of the molecule is CCOc1cc(/C=C2\C(=O)NC(=O)N(c3cccc(C)c3)C2=O)ccc1OCc1ccc(Br)cc1. The summed E-state index contributed by atoms with van der Waals surface area (Å²) in [4.78, 5) is 39.0. The lowest BCUT2D eigenvalue weighted by Crippen LogP contribution is -2.54.